The Bertz CT molecular complexity index is 1130. The molecule has 0 saturated carbocycles. The number of nitrogens with zero attached hydrogens (tertiary/aromatic N) is 1. The van der Waals surface area contributed by atoms with Crippen molar-refractivity contribution in [3.05, 3.63) is 53.6 Å². The van der Waals surface area contributed by atoms with E-state index in [-0.39, 0.29) is 29.8 Å². The minimum absolute atomic E-state index is 0.126. The molecule has 33 heavy (non-hydrogen) atoms. The summed E-state index contributed by atoms with van der Waals surface area (Å²) in [6.45, 7) is 3.07. The monoisotopic (exact) mass is 480 g/mol. The number of sulfonamides is 1. The molecular weight excluding hydrogens is 454 g/mol. The number of hydrogen-bond donors (Lipinski definition) is 1. The fraction of sp³-hybridized carbons (Fsp3) is 0.435. The van der Waals surface area contributed by atoms with Gasteiger partial charge >= 0.3 is 0 Å². The van der Waals surface area contributed by atoms with Gasteiger partial charge in [0.05, 0.1) is 24.2 Å². The van der Waals surface area contributed by atoms with Gasteiger partial charge in [-0.05, 0) is 49.6 Å². The summed E-state index contributed by atoms with van der Waals surface area (Å²) < 4.78 is 65.4. The van der Waals surface area contributed by atoms with Crippen molar-refractivity contribution in [2.24, 2.45) is 5.92 Å². The average Bonchev–Trinajstić information content (AvgIpc) is 3.05. The molecule has 1 fully saturated rings. The third-order valence-corrected chi connectivity index (χ3v) is 7.88. The summed E-state index contributed by atoms with van der Waals surface area (Å²) in [4.78, 5) is 12.8. The summed E-state index contributed by atoms with van der Waals surface area (Å²) in [5, 5.41) is 2.81. The average molecular weight is 481 g/mol. The van der Waals surface area contributed by atoms with Crippen LogP contribution in [0.1, 0.15) is 37.8 Å². The predicted octanol–water partition coefficient (Wildman–Crippen LogP) is 3.40. The number of nitrogens with one attached hydrogen (secondary N) is 1. The first-order chi connectivity index (χ1) is 15.8. The van der Waals surface area contributed by atoms with Crippen molar-refractivity contribution in [3.63, 3.8) is 0 Å². The molecule has 2 aromatic rings. The lowest BCUT2D eigenvalue weighted by Crippen LogP contribution is -2.43. The van der Waals surface area contributed by atoms with Crippen LogP contribution in [-0.2, 0) is 14.8 Å². The zero-order valence-corrected chi connectivity index (χ0v) is 19.0. The third-order valence-electron chi connectivity index (χ3n) is 5.98. The second-order valence-corrected chi connectivity index (χ2v) is 10.2. The zero-order chi connectivity index (χ0) is 23.6. The smallest absolute Gasteiger partial charge is 0.243 e. The van der Waals surface area contributed by atoms with Crippen LogP contribution in [0.15, 0.2) is 41.3 Å². The lowest BCUT2D eigenvalue weighted by Gasteiger charge is -2.31. The number of fused-ring (bicyclic) bond motifs is 1. The number of carbonyl (C=O) groups is 1. The second kappa shape index (κ2) is 9.64. The molecule has 7 nitrogen and oxygen atoms in total. The normalized spacial score (nSPS) is 18.4. The molecule has 2 heterocycles. The largest absolute Gasteiger partial charge is 0.490 e. The van der Waals surface area contributed by atoms with Gasteiger partial charge in [0.1, 0.15) is 0 Å². The molecule has 2 aromatic carbocycles. The third kappa shape index (κ3) is 5.11. The fourth-order valence-corrected chi connectivity index (χ4v) is 5.49. The maximum atomic E-state index is 13.5. The molecule has 2 aliphatic rings. The molecule has 1 saturated heterocycles. The molecular formula is C23H26F2N2O5S. The number of carbonyl (C=O) groups excluding carboxylic acids is 1. The topological polar surface area (TPSA) is 84.9 Å². The summed E-state index contributed by atoms with van der Waals surface area (Å²) in [6, 6.07) is 7.60. The quantitative estimate of drug-likeness (QED) is 0.709. The number of hydrogen-bond acceptors (Lipinski definition) is 5. The van der Waals surface area contributed by atoms with Crippen molar-refractivity contribution in [2.75, 3.05) is 26.3 Å². The van der Waals surface area contributed by atoms with Crippen molar-refractivity contribution >= 4 is 15.9 Å². The van der Waals surface area contributed by atoms with E-state index in [0.717, 1.165) is 18.6 Å². The van der Waals surface area contributed by atoms with Crippen molar-refractivity contribution in [1.82, 2.24) is 9.62 Å². The second-order valence-electron chi connectivity index (χ2n) is 8.24. The Kier molecular flexibility index (Phi) is 6.85. The lowest BCUT2D eigenvalue weighted by molar-refractivity contribution is -0.126. The highest BCUT2D eigenvalue weighted by molar-refractivity contribution is 7.89. The van der Waals surface area contributed by atoms with E-state index in [1.54, 1.807) is 13.0 Å². The highest BCUT2D eigenvalue weighted by Crippen LogP contribution is 2.34. The van der Waals surface area contributed by atoms with Gasteiger partial charge < -0.3 is 14.8 Å². The molecule has 178 valence electrons. The first-order valence-electron chi connectivity index (χ1n) is 10.9. The number of piperidine rings is 1. The van der Waals surface area contributed by atoms with E-state index in [1.807, 2.05) is 0 Å². The summed E-state index contributed by atoms with van der Waals surface area (Å²) in [6.07, 6.45) is 1.45. The number of ether oxygens (including phenoxy) is 2. The molecule has 1 amide bonds. The van der Waals surface area contributed by atoms with Gasteiger partial charge in [0.15, 0.2) is 23.1 Å². The highest BCUT2D eigenvalue weighted by Gasteiger charge is 2.33. The summed E-state index contributed by atoms with van der Waals surface area (Å²) in [5.41, 5.74) is 0.455. The van der Waals surface area contributed by atoms with Crippen molar-refractivity contribution in [1.29, 1.82) is 0 Å². The highest BCUT2D eigenvalue weighted by atomic mass is 32.2. The minimum atomic E-state index is -3.74. The van der Waals surface area contributed by atoms with Gasteiger partial charge in [-0.3, -0.25) is 4.79 Å². The van der Waals surface area contributed by atoms with E-state index < -0.39 is 27.7 Å². The Hall–Kier alpha value is -2.72. The molecule has 0 aromatic heterocycles. The standard InChI is InChI=1S/C23H26F2N2O5S/c1-15(17-3-5-19(24)20(25)13-17)26-23(28)16-7-9-27(10-8-16)33(29,30)18-4-6-21-22(14-18)32-12-2-11-31-21/h3-6,13-16H,2,7-12H2,1H3,(H,26,28)/t15-/m1/s1. The number of benzene rings is 2. The van der Waals surface area contributed by atoms with Gasteiger partial charge in [-0.15, -0.1) is 0 Å². The molecule has 4 rings (SSSR count). The van der Waals surface area contributed by atoms with Crippen LogP contribution < -0.4 is 14.8 Å². The molecule has 0 radical (unpaired) electrons. The van der Waals surface area contributed by atoms with Gasteiger partial charge in [0, 0.05) is 31.5 Å². The van der Waals surface area contributed by atoms with Crippen LogP contribution in [0, 0.1) is 17.6 Å². The van der Waals surface area contributed by atoms with E-state index in [1.165, 1.54) is 22.5 Å². The van der Waals surface area contributed by atoms with E-state index in [2.05, 4.69) is 5.32 Å². The van der Waals surface area contributed by atoms with Crippen LogP contribution in [0.2, 0.25) is 0 Å². The Labute approximate surface area is 191 Å². The minimum Gasteiger partial charge on any atom is -0.490 e. The van der Waals surface area contributed by atoms with Crippen molar-refractivity contribution < 1.29 is 31.5 Å². The lowest BCUT2D eigenvalue weighted by atomic mass is 9.96. The fourth-order valence-electron chi connectivity index (χ4n) is 4.01. The molecule has 10 heteroatoms. The molecule has 0 aliphatic carbocycles. The van der Waals surface area contributed by atoms with E-state index >= 15 is 0 Å². The SMILES string of the molecule is C[C@@H](NC(=O)C1CCN(S(=O)(=O)c2ccc3c(c2)OCCCO3)CC1)c1ccc(F)c(F)c1. The molecule has 1 N–H and O–H groups in total. The summed E-state index contributed by atoms with van der Waals surface area (Å²) >= 11 is 0. The van der Waals surface area contributed by atoms with E-state index in [0.29, 0.717) is 43.1 Å². The maximum Gasteiger partial charge on any atom is 0.243 e. The Balaban J connectivity index is 1.37. The van der Waals surface area contributed by atoms with Crippen LogP contribution in [0.25, 0.3) is 0 Å². The molecule has 2 aliphatic heterocycles. The number of rotatable bonds is 5. The number of halogens is 2. The molecule has 0 spiro atoms. The summed E-state index contributed by atoms with van der Waals surface area (Å²) in [5.74, 6) is -1.58. The first kappa shape index (κ1) is 23.4. The Morgan fingerprint density at radius 1 is 1.03 bits per heavy atom. The number of amides is 1. The van der Waals surface area contributed by atoms with Gasteiger partial charge in [0.25, 0.3) is 0 Å². The van der Waals surface area contributed by atoms with Crippen molar-refractivity contribution in [2.45, 2.75) is 37.1 Å². The van der Waals surface area contributed by atoms with Crippen molar-refractivity contribution in [3.8, 4) is 11.5 Å². The van der Waals surface area contributed by atoms with Crippen LogP contribution in [-0.4, -0.2) is 44.9 Å². The molecule has 0 unspecified atom stereocenters. The van der Waals surface area contributed by atoms with E-state index in [4.69, 9.17) is 9.47 Å². The molecule has 1 atom stereocenters. The van der Waals surface area contributed by atoms with Crippen LogP contribution in [0.3, 0.4) is 0 Å². The van der Waals surface area contributed by atoms with Gasteiger partial charge in [-0.1, -0.05) is 6.07 Å². The maximum absolute atomic E-state index is 13.5. The predicted molar refractivity (Wildman–Crippen MR) is 116 cm³/mol. The van der Waals surface area contributed by atoms with E-state index in [9.17, 15) is 22.0 Å². The Morgan fingerprint density at radius 3 is 2.42 bits per heavy atom. The van der Waals surface area contributed by atoms with Crippen LogP contribution >= 0.6 is 0 Å². The van der Waals surface area contributed by atoms with Gasteiger partial charge in [-0.25, -0.2) is 17.2 Å². The summed E-state index contributed by atoms with van der Waals surface area (Å²) in [7, 11) is -3.74. The molecule has 0 bridgehead atoms. The zero-order valence-electron chi connectivity index (χ0n) is 18.2. The van der Waals surface area contributed by atoms with Gasteiger partial charge in [-0.2, -0.15) is 4.31 Å². The Morgan fingerprint density at radius 2 is 1.73 bits per heavy atom. The van der Waals surface area contributed by atoms with Gasteiger partial charge in [0.2, 0.25) is 15.9 Å². The first-order valence-corrected chi connectivity index (χ1v) is 12.3. The van der Waals surface area contributed by atoms with Crippen LogP contribution in [0.5, 0.6) is 11.5 Å². The van der Waals surface area contributed by atoms with Crippen LogP contribution in [0.4, 0.5) is 8.78 Å².